The van der Waals surface area contributed by atoms with E-state index in [1.54, 1.807) is 23.6 Å². The van der Waals surface area contributed by atoms with Gasteiger partial charge in [0.1, 0.15) is 6.10 Å². The Bertz CT molecular complexity index is 578. The van der Waals surface area contributed by atoms with E-state index in [0.717, 1.165) is 17.8 Å². The quantitative estimate of drug-likeness (QED) is 0.816. The van der Waals surface area contributed by atoms with Crippen molar-refractivity contribution in [3.05, 3.63) is 40.0 Å². The second-order valence-corrected chi connectivity index (χ2v) is 6.30. The molecule has 2 aromatic heterocycles. The summed E-state index contributed by atoms with van der Waals surface area (Å²) in [5.74, 6) is 0.0450. The zero-order valence-corrected chi connectivity index (χ0v) is 12.4. The van der Waals surface area contributed by atoms with E-state index in [1.165, 1.54) is 11.3 Å². The fraction of sp³-hybridized carbons (Fsp3) is 0.286. The number of carbonyl (C=O) groups is 1. The number of hydrogen-bond acceptors (Lipinski definition) is 5. The van der Waals surface area contributed by atoms with Crippen LogP contribution in [0, 0.1) is 0 Å². The van der Waals surface area contributed by atoms with Crippen molar-refractivity contribution < 1.29 is 9.53 Å². The molecule has 6 heteroatoms. The number of likely N-dealkylation sites (tertiary alicyclic amines) is 1. The highest BCUT2D eigenvalue weighted by molar-refractivity contribution is 7.11. The second-order valence-electron chi connectivity index (χ2n) is 4.46. The number of amides is 1. The van der Waals surface area contributed by atoms with Crippen LogP contribution >= 0.6 is 22.7 Å². The van der Waals surface area contributed by atoms with Gasteiger partial charge in [0.25, 0.3) is 5.19 Å². The highest BCUT2D eigenvalue weighted by atomic mass is 32.1. The van der Waals surface area contributed by atoms with Gasteiger partial charge in [-0.2, -0.15) is 0 Å². The molecule has 1 amide bonds. The fourth-order valence-electron chi connectivity index (χ4n) is 2.08. The van der Waals surface area contributed by atoms with Crippen molar-refractivity contribution in [2.24, 2.45) is 0 Å². The molecule has 0 saturated carbocycles. The maximum absolute atomic E-state index is 12.1. The van der Waals surface area contributed by atoms with Crippen LogP contribution in [0.3, 0.4) is 0 Å². The van der Waals surface area contributed by atoms with Crippen LogP contribution in [-0.4, -0.2) is 35.0 Å². The maximum atomic E-state index is 12.1. The average Bonchev–Trinajstić information content (AvgIpc) is 3.19. The van der Waals surface area contributed by atoms with Gasteiger partial charge in [-0.05, 0) is 17.5 Å². The summed E-state index contributed by atoms with van der Waals surface area (Å²) in [5.41, 5.74) is 0. The number of carbonyl (C=O) groups excluding carboxylic acids is 1. The Hall–Kier alpha value is -1.66. The molecule has 0 radical (unpaired) electrons. The molecule has 4 nitrogen and oxygen atoms in total. The molecule has 1 fully saturated rings. The van der Waals surface area contributed by atoms with Gasteiger partial charge < -0.3 is 9.64 Å². The number of rotatable bonds is 4. The number of thiophene rings is 1. The van der Waals surface area contributed by atoms with Crippen molar-refractivity contribution in [3.8, 4) is 5.19 Å². The first-order chi connectivity index (χ1) is 9.81. The van der Waals surface area contributed by atoms with Crippen molar-refractivity contribution in [3.63, 3.8) is 0 Å². The topological polar surface area (TPSA) is 42.4 Å². The van der Waals surface area contributed by atoms with E-state index in [2.05, 4.69) is 4.98 Å². The summed E-state index contributed by atoms with van der Waals surface area (Å²) in [5, 5.41) is 4.56. The molecule has 1 unspecified atom stereocenters. The van der Waals surface area contributed by atoms with E-state index >= 15 is 0 Å². The molecule has 0 aromatic carbocycles. The lowest BCUT2D eigenvalue weighted by molar-refractivity contribution is -0.125. The van der Waals surface area contributed by atoms with Gasteiger partial charge in [-0.15, -0.1) is 11.3 Å². The predicted octanol–water partition coefficient (Wildman–Crippen LogP) is 2.90. The van der Waals surface area contributed by atoms with Crippen molar-refractivity contribution >= 4 is 34.7 Å². The molecule has 3 heterocycles. The van der Waals surface area contributed by atoms with Crippen LogP contribution in [0.25, 0.3) is 6.08 Å². The molecular formula is C14H14N2O2S2. The number of hydrogen-bond donors (Lipinski definition) is 0. The Morgan fingerprint density at radius 1 is 1.45 bits per heavy atom. The van der Waals surface area contributed by atoms with Crippen LogP contribution in [-0.2, 0) is 4.79 Å². The SMILES string of the molecule is O=C(/C=C/c1cccs1)N1CCC(Oc2nccs2)C1. The zero-order chi connectivity index (χ0) is 13.8. The number of aromatic nitrogens is 1. The predicted molar refractivity (Wildman–Crippen MR) is 81.1 cm³/mol. The van der Waals surface area contributed by atoms with Gasteiger partial charge in [-0.1, -0.05) is 17.4 Å². The third kappa shape index (κ3) is 3.26. The highest BCUT2D eigenvalue weighted by Gasteiger charge is 2.26. The molecule has 0 aliphatic carbocycles. The molecule has 20 heavy (non-hydrogen) atoms. The summed E-state index contributed by atoms with van der Waals surface area (Å²) in [6.45, 7) is 1.37. The van der Waals surface area contributed by atoms with E-state index in [-0.39, 0.29) is 12.0 Å². The van der Waals surface area contributed by atoms with Gasteiger partial charge >= 0.3 is 0 Å². The first-order valence-electron chi connectivity index (χ1n) is 6.38. The largest absolute Gasteiger partial charge is 0.465 e. The first-order valence-corrected chi connectivity index (χ1v) is 8.14. The Morgan fingerprint density at radius 3 is 3.15 bits per heavy atom. The molecule has 0 bridgehead atoms. The van der Waals surface area contributed by atoms with E-state index < -0.39 is 0 Å². The van der Waals surface area contributed by atoms with Crippen molar-refractivity contribution in [2.75, 3.05) is 13.1 Å². The van der Waals surface area contributed by atoms with Gasteiger partial charge in [0.2, 0.25) is 5.91 Å². The minimum Gasteiger partial charge on any atom is -0.465 e. The van der Waals surface area contributed by atoms with Gasteiger partial charge in [0, 0.05) is 35.5 Å². The smallest absolute Gasteiger partial charge is 0.273 e. The maximum Gasteiger partial charge on any atom is 0.273 e. The standard InChI is InChI=1S/C14H14N2O2S2/c17-13(4-3-12-2-1-8-19-12)16-7-5-11(10-16)18-14-15-6-9-20-14/h1-4,6,8-9,11H,5,7,10H2/b4-3+. The monoisotopic (exact) mass is 306 g/mol. The molecule has 104 valence electrons. The fourth-order valence-corrected chi connectivity index (χ4v) is 3.25. The van der Waals surface area contributed by atoms with Crippen molar-refractivity contribution in [1.82, 2.24) is 9.88 Å². The lowest BCUT2D eigenvalue weighted by atomic mass is 10.3. The molecule has 2 aromatic rings. The Labute approximate surface area is 125 Å². The summed E-state index contributed by atoms with van der Waals surface area (Å²) >= 11 is 3.10. The molecule has 1 aliphatic rings. The highest BCUT2D eigenvalue weighted by Crippen LogP contribution is 2.20. The first kappa shape index (κ1) is 13.3. The lowest BCUT2D eigenvalue weighted by Gasteiger charge is -2.14. The molecular weight excluding hydrogens is 292 g/mol. The van der Waals surface area contributed by atoms with E-state index in [4.69, 9.17) is 4.74 Å². The third-order valence-electron chi connectivity index (χ3n) is 3.07. The second kappa shape index (κ2) is 6.19. The van der Waals surface area contributed by atoms with Crippen LogP contribution in [0.2, 0.25) is 0 Å². The van der Waals surface area contributed by atoms with Gasteiger partial charge in [0.05, 0.1) is 6.54 Å². The van der Waals surface area contributed by atoms with Gasteiger partial charge in [-0.25, -0.2) is 4.98 Å². The molecule has 0 N–H and O–H groups in total. The number of nitrogens with zero attached hydrogens (tertiary/aromatic N) is 2. The van der Waals surface area contributed by atoms with Crippen LogP contribution in [0.5, 0.6) is 5.19 Å². The zero-order valence-electron chi connectivity index (χ0n) is 10.8. The summed E-state index contributed by atoms with van der Waals surface area (Å²) < 4.78 is 5.74. The summed E-state index contributed by atoms with van der Waals surface area (Å²) in [6.07, 6.45) is 6.14. The Balaban J connectivity index is 1.53. The Morgan fingerprint density at radius 2 is 2.40 bits per heavy atom. The van der Waals surface area contributed by atoms with E-state index in [1.807, 2.05) is 33.9 Å². The van der Waals surface area contributed by atoms with Crippen LogP contribution < -0.4 is 4.74 Å². The van der Waals surface area contributed by atoms with E-state index in [9.17, 15) is 4.79 Å². The van der Waals surface area contributed by atoms with Crippen LogP contribution in [0.15, 0.2) is 35.2 Å². The molecule has 1 saturated heterocycles. The van der Waals surface area contributed by atoms with Crippen LogP contribution in [0.1, 0.15) is 11.3 Å². The van der Waals surface area contributed by atoms with Gasteiger partial charge in [-0.3, -0.25) is 4.79 Å². The van der Waals surface area contributed by atoms with Gasteiger partial charge in [0.15, 0.2) is 0 Å². The minimum atomic E-state index is 0.0450. The number of ether oxygens (including phenoxy) is 1. The average molecular weight is 306 g/mol. The van der Waals surface area contributed by atoms with E-state index in [0.29, 0.717) is 11.7 Å². The Kier molecular flexibility index (Phi) is 4.13. The summed E-state index contributed by atoms with van der Waals surface area (Å²) in [4.78, 5) is 19.1. The molecule has 1 atom stereocenters. The summed E-state index contributed by atoms with van der Waals surface area (Å²) in [7, 11) is 0. The van der Waals surface area contributed by atoms with Crippen molar-refractivity contribution in [2.45, 2.75) is 12.5 Å². The number of thiazole rings is 1. The molecule has 0 spiro atoms. The molecule has 1 aliphatic heterocycles. The third-order valence-corrected chi connectivity index (χ3v) is 4.57. The van der Waals surface area contributed by atoms with Crippen LogP contribution in [0.4, 0.5) is 0 Å². The summed E-state index contributed by atoms with van der Waals surface area (Å²) in [6, 6.07) is 3.97. The normalized spacial score (nSPS) is 18.8. The molecule has 3 rings (SSSR count). The van der Waals surface area contributed by atoms with Crippen molar-refractivity contribution in [1.29, 1.82) is 0 Å². The minimum absolute atomic E-state index is 0.0450. The lowest BCUT2D eigenvalue weighted by Crippen LogP contribution is -2.29.